The predicted octanol–water partition coefficient (Wildman–Crippen LogP) is 1.83. The van der Waals surface area contributed by atoms with Gasteiger partial charge in [0.1, 0.15) is 5.75 Å². The van der Waals surface area contributed by atoms with Crippen molar-refractivity contribution in [3.63, 3.8) is 0 Å². The number of rotatable bonds is 4. The Morgan fingerprint density at radius 1 is 1.37 bits per heavy atom. The van der Waals surface area contributed by atoms with Crippen LogP contribution in [-0.2, 0) is 4.79 Å². The number of aliphatic hydroxyl groups is 1. The Morgan fingerprint density at radius 2 is 2.00 bits per heavy atom. The molecule has 104 valence electrons. The summed E-state index contributed by atoms with van der Waals surface area (Å²) in [5.41, 5.74) is 0. The number of para-hydroxylation sites is 1. The molecule has 19 heavy (non-hydrogen) atoms. The topological polar surface area (TPSA) is 49.8 Å². The lowest BCUT2D eigenvalue weighted by Gasteiger charge is -2.32. The highest BCUT2D eigenvalue weighted by molar-refractivity contribution is 5.81. The van der Waals surface area contributed by atoms with Gasteiger partial charge in [-0.25, -0.2) is 0 Å². The molecule has 0 saturated carbocycles. The second kappa shape index (κ2) is 6.57. The van der Waals surface area contributed by atoms with Crippen LogP contribution in [0.4, 0.5) is 0 Å². The fourth-order valence-electron chi connectivity index (χ4n) is 2.26. The maximum atomic E-state index is 12.4. The highest BCUT2D eigenvalue weighted by atomic mass is 16.5. The lowest BCUT2D eigenvalue weighted by molar-refractivity contribution is -0.140. The molecule has 1 saturated heterocycles. The maximum Gasteiger partial charge on any atom is 0.263 e. The zero-order chi connectivity index (χ0) is 13.7. The minimum atomic E-state index is -0.433. The Morgan fingerprint density at radius 3 is 2.58 bits per heavy atom. The van der Waals surface area contributed by atoms with Gasteiger partial charge in [0.15, 0.2) is 6.10 Å². The lowest BCUT2D eigenvalue weighted by atomic mass is 10.1. The first-order valence-corrected chi connectivity index (χ1v) is 6.89. The van der Waals surface area contributed by atoms with Crippen LogP contribution in [0, 0.1) is 0 Å². The maximum absolute atomic E-state index is 12.4. The van der Waals surface area contributed by atoms with E-state index >= 15 is 0 Å². The normalized spacial score (nSPS) is 18.1. The third kappa shape index (κ3) is 3.70. The molecule has 4 heteroatoms. The van der Waals surface area contributed by atoms with Crippen molar-refractivity contribution in [3.8, 4) is 5.75 Å². The van der Waals surface area contributed by atoms with Crippen LogP contribution < -0.4 is 4.74 Å². The van der Waals surface area contributed by atoms with Gasteiger partial charge in [-0.2, -0.15) is 0 Å². The molecule has 0 bridgehead atoms. The monoisotopic (exact) mass is 263 g/mol. The second-order valence-corrected chi connectivity index (χ2v) is 4.88. The number of nitrogens with zero attached hydrogens (tertiary/aromatic N) is 1. The van der Waals surface area contributed by atoms with Crippen molar-refractivity contribution < 1.29 is 14.6 Å². The van der Waals surface area contributed by atoms with Crippen molar-refractivity contribution in [3.05, 3.63) is 30.3 Å². The van der Waals surface area contributed by atoms with E-state index in [0.717, 1.165) is 5.75 Å². The summed E-state index contributed by atoms with van der Waals surface area (Å²) in [6.07, 6.45) is 1.27. The van der Waals surface area contributed by atoms with Crippen LogP contribution >= 0.6 is 0 Å². The van der Waals surface area contributed by atoms with Crippen molar-refractivity contribution in [2.45, 2.75) is 38.4 Å². The van der Waals surface area contributed by atoms with E-state index in [-0.39, 0.29) is 12.0 Å². The number of hydrogen-bond donors (Lipinski definition) is 1. The average molecular weight is 263 g/mol. The van der Waals surface area contributed by atoms with E-state index in [2.05, 4.69) is 0 Å². The van der Waals surface area contributed by atoms with Crippen LogP contribution in [0.25, 0.3) is 0 Å². The summed E-state index contributed by atoms with van der Waals surface area (Å²) in [5.74, 6) is 0.748. The first-order chi connectivity index (χ1) is 9.20. The first kappa shape index (κ1) is 13.9. The number of carbonyl (C=O) groups excluding carboxylic acids is 1. The molecule has 0 aliphatic carbocycles. The lowest BCUT2D eigenvalue weighted by Crippen LogP contribution is -2.46. The Kier molecular flexibility index (Phi) is 4.80. The number of likely N-dealkylation sites (tertiary alicyclic amines) is 1. The molecule has 1 heterocycles. The average Bonchev–Trinajstić information content (AvgIpc) is 2.46. The van der Waals surface area contributed by atoms with Gasteiger partial charge in [0.2, 0.25) is 0 Å². The summed E-state index contributed by atoms with van der Waals surface area (Å²) in [6.45, 7) is 3.19. The number of piperidine rings is 1. The van der Waals surface area contributed by atoms with Crippen LogP contribution in [0.15, 0.2) is 30.3 Å². The van der Waals surface area contributed by atoms with Crippen LogP contribution in [0.5, 0.6) is 5.75 Å². The van der Waals surface area contributed by atoms with Gasteiger partial charge < -0.3 is 14.7 Å². The van der Waals surface area contributed by atoms with Gasteiger partial charge in [0, 0.05) is 13.1 Å². The van der Waals surface area contributed by atoms with Crippen LogP contribution in [0.1, 0.15) is 26.2 Å². The standard InChI is InChI=1S/C15H21NO3/c1-2-14(19-13-6-4-3-5-7-13)15(18)16-10-8-12(17)9-11-16/h3-7,12,14,17H,2,8-11H2,1H3. The third-order valence-electron chi connectivity index (χ3n) is 3.44. The van der Waals surface area contributed by atoms with E-state index in [1.807, 2.05) is 37.3 Å². The molecule has 1 aromatic rings. The second-order valence-electron chi connectivity index (χ2n) is 4.88. The summed E-state index contributed by atoms with van der Waals surface area (Å²) in [5, 5.41) is 9.47. The van der Waals surface area contributed by atoms with E-state index < -0.39 is 6.10 Å². The summed E-state index contributed by atoms with van der Waals surface area (Å²) >= 11 is 0. The fraction of sp³-hybridized carbons (Fsp3) is 0.533. The molecular weight excluding hydrogens is 242 g/mol. The summed E-state index contributed by atoms with van der Waals surface area (Å²) in [4.78, 5) is 14.2. The van der Waals surface area contributed by atoms with Gasteiger partial charge in [-0.3, -0.25) is 4.79 Å². The molecule has 0 radical (unpaired) electrons. The van der Waals surface area contributed by atoms with Crippen molar-refractivity contribution >= 4 is 5.91 Å². The molecule has 1 N–H and O–H groups in total. The van der Waals surface area contributed by atoms with Gasteiger partial charge in [-0.1, -0.05) is 25.1 Å². The van der Waals surface area contributed by atoms with Crippen molar-refractivity contribution in [2.75, 3.05) is 13.1 Å². The summed E-state index contributed by atoms with van der Waals surface area (Å²) in [7, 11) is 0. The molecular formula is C15H21NO3. The van der Waals surface area contributed by atoms with E-state index in [0.29, 0.717) is 32.4 Å². The Labute approximate surface area is 114 Å². The SMILES string of the molecule is CCC(Oc1ccccc1)C(=O)N1CCC(O)CC1. The molecule has 0 aromatic heterocycles. The highest BCUT2D eigenvalue weighted by Gasteiger charge is 2.27. The zero-order valence-electron chi connectivity index (χ0n) is 11.3. The minimum Gasteiger partial charge on any atom is -0.481 e. The first-order valence-electron chi connectivity index (χ1n) is 6.89. The molecule has 1 unspecified atom stereocenters. The van der Waals surface area contributed by atoms with E-state index in [9.17, 15) is 9.90 Å². The Bertz CT molecular complexity index is 399. The van der Waals surface area contributed by atoms with Crippen LogP contribution in [-0.4, -0.2) is 41.2 Å². The molecule has 1 aliphatic heterocycles. The van der Waals surface area contributed by atoms with Crippen LogP contribution in [0.3, 0.4) is 0 Å². The molecule has 1 atom stereocenters. The molecule has 1 fully saturated rings. The van der Waals surface area contributed by atoms with Gasteiger partial charge in [-0.05, 0) is 31.4 Å². The number of aliphatic hydroxyl groups excluding tert-OH is 1. The number of benzene rings is 1. The number of hydrogen-bond acceptors (Lipinski definition) is 3. The van der Waals surface area contributed by atoms with E-state index in [1.165, 1.54) is 0 Å². The van der Waals surface area contributed by atoms with Gasteiger partial charge in [-0.15, -0.1) is 0 Å². The minimum absolute atomic E-state index is 0.0262. The predicted molar refractivity (Wildman–Crippen MR) is 73.0 cm³/mol. The van der Waals surface area contributed by atoms with Crippen molar-refractivity contribution in [2.24, 2.45) is 0 Å². The van der Waals surface area contributed by atoms with Crippen LogP contribution in [0.2, 0.25) is 0 Å². The quantitative estimate of drug-likeness (QED) is 0.901. The molecule has 2 rings (SSSR count). The van der Waals surface area contributed by atoms with Gasteiger partial charge in [0.25, 0.3) is 5.91 Å². The number of carbonyl (C=O) groups is 1. The molecule has 1 aliphatic rings. The van der Waals surface area contributed by atoms with E-state index in [1.54, 1.807) is 4.90 Å². The largest absolute Gasteiger partial charge is 0.481 e. The molecule has 0 spiro atoms. The molecule has 1 aromatic carbocycles. The van der Waals surface area contributed by atoms with Gasteiger partial charge >= 0.3 is 0 Å². The smallest absolute Gasteiger partial charge is 0.263 e. The summed E-state index contributed by atoms with van der Waals surface area (Å²) < 4.78 is 5.75. The molecule has 1 amide bonds. The van der Waals surface area contributed by atoms with E-state index in [4.69, 9.17) is 4.74 Å². The Hall–Kier alpha value is -1.55. The van der Waals surface area contributed by atoms with Crippen molar-refractivity contribution in [1.82, 2.24) is 4.90 Å². The highest BCUT2D eigenvalue weighted by Crippen LogP contribution is 2.17. The summed E-state index contributed by atoms with van der Waals surface area (Å²) in [6, 6.07) is 9.42. The zero-order valence-corrected chi connectivity index (χ0v) is 11.3. The van der Waals surface area contributed by atoms with Gasteiger partial charge in [0.05, 0.1) is 6.10 Å². The third-order valence-corrected chi connectivity index (χ3v) is 3.44. The number of amides is 1. The molecule has 4 nitrogen and oxygen atoms in total. The fourth-order valence-corrected chi connectivity index (χ4v) is 2.26. The van der Waals surface area contributed by atoms with Crippen molar-refractivity contribution in [1.29, 1.82) is 0 Å². The Balaban J connectivity index is 1.95. The number of ether oxygens (including phenoxy) is 1.